The van der Waals surface area contributed by atoms with Gasteiger partial charge in [0, 0.05) is 29.3 Å². The molecule has 1 atom stereocenters. The maximum atomic E-state index is 14.1. The summed E-state index contributed by atoms with van der Waals surface area (Å²) < 4.78 is 47.7. The van der Waals surface area contributed by atoms with Crippen molar-refractivity contribution in [3.63, 3.8) is 0 Å². The summed E-state index contributed by atoms with van der Waals surface area (Å²) in [5, 5.41) is 7.98. The normalized spacial score (nSPS) is 13.2. The number of rotatable bonds is 13. The second-order valence-electron chi connectivity index (χ2n) is 9.54. The molecule has 0 saturated carbocycles. The molecule has 14 heteroatoms. The number of nitrogens with one attached hydrogen (secondary N) is 2. The molecule has 0 fully saturated rings. The van der Waals surface area contributed by atoms with Crippen LogP contribution in [0.1, 0.15) is 31.1 Å². The lowest BCUT2D eigenvalue weighted by molar-refractivity contribution is -0.141. The van der Waals surface area contributed by atoms with Gasteiger partial charge in [0.2, 0.25) is 6.79 Å². The Bertz CT molecular complexity index is 1660. The van der Waals surface area contributed by atoms with Crippen LogP contribution in [0.3, 0.4) is 0 Å². The van der Waals surface area contributed by atoms with E-state index in [0.29, 0.717) is 39.4 Å². The van der Waals surface area contributed by atoms with Crippen molar-refractivity contribution in [1.29, 1.82) is 0 Å². The third kappa shape index (κ3) is 7.87. The van der Waals surface area contributed by atoms with Crippen molar-refractivity contribution >= 4 is 41.2 Å². The minimum Gasteiger partial charge on any atom is -0.491 e. The van der Waals surface area contributed by atoms with E-state index >= 15 is 0 Å². The minimum atomic E-state index is -3.85. The molecule has 1 aliphatic heterocycles. The van der Waals surface area contributed by atoms with E-state index in [1.165, 1.54) is 11.3 Å². The molecule has 4 aromatic rings. The Labute approximate surface area is 257 Å². The van der Waals surface area contributed by atoms with Crippen LogP contribution in [0.25, 0.3) is 0 Å². The van der Waals surface area contributed by atoms with Gasteiger partial charge >= 0.3 is 13.5 Å². The van der Waals surface area contributed by atoms with Crippen LogP contribution in [0, 0.1) is 0 Å². The Morgan fingerprint density at radius 1 is 0.977 bits per heavy atom. The van der Waals surface area contributed by atoms with Crippen LogP contribution in [0.5, 0.6) is 34.5 Å². The van der Waals surface area contributed by atoms with Gasteiger partial charge in [0.25, 0.3) is 5.91 Å². The molecule has 5 rings (SSSR count). The molecule has 0 radical (unpaired) electrons. The highest BCUT2D eigenvalue weighted by Crippen LogP contribution is 2.45. The first kappa shape index (κ1) is 30.9. The summed E-state index contributed by atoms with van der Waals surface area (Å²) in [7, 11) is -3.85. The number of hydrogen-bond donors (Lipinski definition) is 2. The number of carbonyl (C=O) groups excluding carboxylic acids is 2. The van der Waals surface area contributed by atoms with E-state index < -0.39 is 13.5 Å². The van der Waals surface area contributed by atoms with E-state index in [1.54, 1.807) is 79.2 Å². The second kappa shape index (κ2) is 13.8. The summed E-state index contributed by atoms with van der Waals surface area (Å²) in [5.41, 5.74) is 0.315. The highest BCUT2D eigenvalue weighted by Gasteiger charge is 2.30. The number of nitrogens with zero attached hydrogens (tertiary/aromatic N) is 1. The van der Waals surface area contributed by atoms with Gasteiger partial charge in [0.05, 0.1) is 18.0 Å². The number of benzene rings is 3. The van der Waals surface area contributed by atoms with Gasteiger partial charge in [0.15, 0.2) is 16.6 Å². The van der Waals surface area contributed by atoms with Crippen LogP contribution in [0.15, 0.2) is 72.2 Å². The fourth-order valence-corrected chi connectivity index (χ4v) is 6.21. The fourth-order valence-electron chi connectivity index (χ4n) is 4.04. The summed E-state index contributed by atoms with van der Waals surface area (Å²) in [5.74, 6) is 1.47. The van der Waals surface area contributed by atoms with E-state index in [4.69, 9.17) is 28.2 Å². The van der Waals surface area contributed by atoms with Crippen LogP contribution < -0.4 is 39.2 Å². The van der Waals surface area contributed by atoms with E-state index in [9.17, 15) is 14.2 Å². The number of fused-ring (bicyclic) bond motifs is 1. The molecule has 1 aromatic heterocycles. The topological polar surface area (TPSA) is 144 Å². The molecule has 44 heavy (non-hydrogen) atoms. The SMILES string of the molecule is CCOC(=O)CNP(=O)(Oc1ccc2c(c1)OCO2)c1ccc(Oc2cc(OC(C)C)cc(C(=O)Nc3nccs3)c2)cc1. The predicted molar refractivity (Wildman–Crippen MR) is 164 cm³/mol. The average Bonchev–Trinajstić information content (AvgIpc) is 3.68. The average molecular weight is 640 g/mol. The van der Waals surface area contributed by atoms with Gasteiger partial charge < -0.3 is 28.2 Å². The number of hydrogen-bond acceptors (Lipinski definition) is 11. The molecule has 1 unspecified atom stereocenters. The van der Waals surface area contributed by atoms with Crippen molar-refractivity contribution in [3.05, 3.63) is 77.8 Å². The van der Waals surface area contributed by atoms with Crippen LogP contribution in [0.4, 0.5) is 5.13 Å². The molecule has 2 heterocycles. The summed E-state index contributed by atoms with van der Waals surface area (Å²) in [6.45, 7) is 5.34. The van der Waals surface area contributed by atoms with E-state index in [-0.39, 0.29) is 43.0 Å². The summed E-state index contributed by atoms with van der Waals surface area (Å²) in [6, 6.07) is 16.0. The zero-order valence-electron chi connectivity index (χ0n) is 24.1. The number of amides is 1. The van der Waals surface area contributed by atoms with Gasteiger partial charge in [-0.05, 0) is 69.3 Å². The lowest BCUT2D eigenvalue weighted by atomic mass is 10.2. The first-order chi connectivity index (χ1) is 21.2. The molecule has 1 aliphatic rings. The quantitative estimate of drug-likeness (QED) is 0.136. The molecule has 0 spiro atoms. The number of carbonyl (C=O) groups is 2. The molecule has 230 valence electrons. The third-order valence-corrected chi connectivity index (χ3v) is 8.60. The van der Waals surface area contributed by atoms with Crippen LogP contribution >= 0.6 is 18.9 Å². The van der Waals surface area contributed by atoms with Gasteiger partial charge in [0.1, 0.15) is 29.5 Å². The third-order valence-electron chi connectivity index (χ3n) is 5.89. The molecular weight excluding hydrogens is 609 g/mol. The van der Waals surface area contributed by atoms with Gasteiger partial charge in [-0.2, -0.15) is 0 Å². The minimum absolute atomic E-state index is 0.0729. The Kier molecular flexibility index (Phi) is 9.69. The van der Waals surface area contributed by atoms with Crippen molar-refractivity contribution in [2.75, 3.05) is 25.3 Å². The smallest absolute Gasteiger partial charge is 0.347 e. The van der Waals surface area contributed by atoms with E-state index in [0.717, 1.165) is 0 Å². The number of anilines is 1. The van der Waals surface area contributed by atoms with Crippen LogP contribution in [0.2, 0.25) is 0 Å². The number of ether oxygens (including phenoxy) is 5. The molecule has 0 bridgehead atoms. The Hall–Kier alpha value is -4.58. The van der Waals surface area contributed by atoms with Gasteiger partial charge in [-0.1, -0.05) is 0 Å². The molecule has 12 nitrogen and oxygen atoms in total. The van der Waals surface area contributed by atoms with Crippen LogP contribution in [-0.4, -0.2) is 42.9 Å². The maximum absolute atomic E-state index is 14.1. The second-order valence-corrected chi connectivity index (χ2v) is 12.6. The Morgan fingerprint density at radius 2 is 1.73 bits per heavy atom. The standard InChI is InChI=1S/C30H30N3O9PS/c1-4-37-28(34)17-32-43(36,42-22-7-10-26-27(16-22)39-18-38-26)25-8-5-21(6-9-25)41-24-14-20(13-23(15-24)40-19(2)3)29(35)33-30-31-11-12-44-30/h5-16,19H,4,17-18H2,1-3H3,(H,32,36)(H,31,33,35). The van der Waals surface area contributed by atoms with E-state index in [1.807, 2.05) is 13.8 Å². The molecule has 1 amide bonds. The first-order valence-electron chi connectivity index (χ1n) is 13.6. The zero-order valence-corrected chi connectivity index (χ0v) is 25.8. The number of thiazole rings is 1. The summed E-state index contributed by atoms with van der Waals surface area (Å²) >= 11 is 1.30. The summed E-state index contributed by atoms with van der Waals surface area (Å²) in [6.07, 6.45) is 1.46. The molecule has 2 N–H and O–H groups in total. The lowest BCUT2D eigenvalue weighted by Crippen LogP contribution is -2.29. The molecule has 0 saturated heterocycles. The first-order valence-corrected chi connectivity index (χ1v) is 16.1. The van der Waals surface area contributed by atoms with Crippen molar-refractivity contribution < 1.29 is 42.4 Å². The number of aromatic nitrogens is 1. The largest absolute Gasteiger partial charge is 0.491 e. The summed E-state index contributed by atoms with van der Waals surface area (Å²) in [4.78, 5) is 29.1. The molecule has 3 aromatic carbocycles. The Morgan fingerprint density at radius 3 is 2.45 bits per heavy atom. The van der Waals surface area contributed by atoms with Gasteiger partial charge in [-0.3, -0.25) is 19.5 Å². The number of esters is 1. The van der Waals surface area contributed by atoms with Gasteiger partial charge in [-0.15, -0.1) is 11.3 Å². The molecule has 0 aliphatic carbocycles. The molecular formula is C30H30N3O9PS. The highest BCUT2D eigenvalue weighted by atomic mass is 32.1. The van der Waals surface area contributed by atoms with Gasteiger partial charge in [-0.25, -0.2) is 10.1 Å². The van der Waals surface area contributed by atoms with Crippen molar-refractivity contribution in [3.8, 4) is 34.5 Å². The van der Waals surface area contributed by atoms with Crippen molar-refractivity contribution in [2.24, 2.45) is 0 Å². The van der Waals surface area contributed by atoms with E-state index in [2.05, 4.69) is 15.4 Å². The predicted octanol–water partition coefficient (Wildman–Crippen LogP) is 5.75. The lowest BCUT2D eigenvalue weighted by Gasteiger charge is -2.21. The van der Waals surface area contributed by atoms with Crippen LogP contribution in [-0.2, 0) is 14.1 Å². The van der Waals surface area contributed by atoms with Crippen molar-refractivity contribution in [2.45, 2.75) is 26.9 Å². The monoisotopic (exact) mass is 639 g/mol. The Balaban J connectivity index is 1.37. The van der Waals surface area contributed by atoms with Crippen molar-refractivity contribution in [1.82, 2.24) is 10.1 Å². The maximum Gasteiger partial charge on any atom is 0.347 e. The zero-order chi connectivity index (χ0) is 31.1. The fraction of sp³-hybridized carbons (Fsp3) is 0.233. The highest BCUT2D eigenvalue weighted by molar-refractivity contribution is 7.65.